The highest BCUT2D eigenvalue weighted by Crippen LogP contribution is 2.37. The number of hydrogen-bond donors (Lipinski definition) is 3. The summed E-state index contributed by atoms with van der Waals surface area (Å²) in [4.78, 5) is 35.5. The van der Waals surface area contributed by atoms with E-state index in [1.165, 1.54) is 6.92 Å². The summed E-state index contributed by atoms with van der Waals surface area (Å²) in [7, 11) is 0. The highest BCUT2D eigenvalue weighted by Gasteiger charge is 2.44. The zero-order valence-corrected chi connectivity index (χ0v) is 10.7. The predicted octanol–water partition coefficient (Wildman–Crippen LogP) is -1.09. The largest absolute Gasteiger partial charge is 0.506 e. The molecule has 3 N–H and O–H groups in total. The van der Waals surface area contributed by atoms with Crippen molar-refractivity contribution in [2.75, 3.05) is 0 Å². The fourth-order valence-corrected chi connectivity index (χ4v) is 2.40. The predicted molar refractivity (Wildman–Crippen MR) is 68.9 cm³/mol. The molecule has 3 rings (SSSR count). The van der Waals surface area contributed by atoms with Crippen LogP contribution in [-0.4, -0.2) is 26.9 Å². The lowest BCUT2D eigenvalue weighted by atomic mass is 9.98. The van der Waals surface area contributed by atoms with E-state index in [1.807, 2.05) is 0 Å². The molecule has 2 aliphatic rings. The molecule has 7 heteroatoms. The summed E-state index contributed by atoms with van der Waals surface area (Å²) in [5, 5.41) is 29.0. The van der Waals surface area contributed by atoms with E-state index in [1.54, 1.807) is 0 Å². The average molecular weight is 288 g/mol. The topological polar surface area (TPSA) is 125 Å². The first kappa shape index (κ1) is 12.9. The molecule has 0 aliphatic heterocycles. The molecule has 106 valence electrons. The Morgan fingerprint density at radius 1 is 1.10 bits per heavy atom. The van der Waals surface area contributed by atoms with Crippen molar-refractivity contribution in [1.29, 1.82) is 0 Å². The molecule has 0 saturated heterocycles. The van der Waals surface area contributed by atoms with Crippen LogP contribution in [0.3, 0.4) is 0 Å². The monoisotopic (exact) mass is 288 g/mol. The molecule has 21 heavy (non-hydrogen) atoms. The minimum Gasteiger partial charge on any atom is -0.506 e. The zero-order valence-electron chi connectivity index (χ0n) is 10.7. The molecule has 1 aromatic heterocycles. The Bertz CT molecular complexity index is 985. The molecule has 0 atom stereocenters. The first-order valence-electron chi connectivity index (χ1n) is 5.79. The van der Waals surface area contributed by atoms with Gasteiger partial charge < -0.3 is 19.7 Å². The van der Waals surface area contributed by atoms with E-state index in [2.05, 4.69) is 6.58 Å². The average Bonchev–Trinajstić information content (AvgIpc) is 2.82. The third kappa shape index (κ3) is 1.34. The van der Waals surface area contributed by atoms with Crippen molar-refractivity contribution in [1.82, 2.24) is 0 Å². The second-order valence-electron chi connectivity index (χ2n) is 4.70. The smallest absolute Gasteiger partial charge is 0.382 e. The van der Waals surface area contributed by atoms with Crippen LogP contribution in [0.1, 0.15) is 6.92 Å². The minimum atomic E-state index is -1.25. The lowest BCUT2D eigenvalue weighted by Gasteiger charge is -2.06. The second kappa shape index (κ2) is 3.72. The van der Waals surface area contributed by atoms with Gasteiger partial charge >= 0.3 is 5.63 Å². The van der Waals surface area contributed by atoms with Gasteiger partial charge in [0.05, 0.1) is 16.4 Å². The van der Waals surface area contributed by atoms with E-state index in [0.717, 1.165) is 0 Å². The number of aliphatic hydroxyl groups is 1. The van der Waals surface area contributed by atoms with E-state index in [0.29, 0.717) is 0 Å². The summed E-state index contributed by atoms with van der Waals surface area (Å²) in [6.07, 6.45) is 0. The maximum atomic E-state index is 12.1. The molecule has 7 nitrogen and oxygen atoms in total. The lowest BCUT2D eigenvalue weighted by Crippen LogP contribution is -2.32. The maximum Gasteiger partial charge on any atom is 0.382 e. The Morgan fingerprint density at radius 2 is 1.71 bits per heavy atom. The van der Waals surface area contributed by atoms with Crippen LogP contribution in [0.4, 0.5) is 0 Å². The number of rotatable bonds is 2. The highest BCUT2D eigenvalue weighted by molar-refractivity contribution is 6.52. The quantitative estimate of drug-likeness (QED) is 0.590. The van der Waals surface area contributed by atoms with Crippen molar-refractivity contribution in [3.05, 3.63) is 44.5 Å². The fraction of sp³-hybridized carbons (Fsp3) is 0.0714. The molecule has 0 aromatic carbocycles. The van der Waals surface area contributed by atoms with Crippen LogP contribution in [0.25, 0.3) is 11.1 Å². The van der Waals surface area contributed by atoms with Crippen LogP contribution in [-0.2, 0) is 9.59 Å². The number of aliphatic hydroxyl groups excluding tert-OH is 1. The lowest BCUT2D eigenvalue weighted by molar-refractivity contribution is -0.112. The van der Waals surface area contributed by atoms with Gasteiger partial charge in [-0.15, -0.1) is 0 Å². The molecular formula is C14H8O7. The molecule has 1 heterocycles. The molecule has 0 fully saturated rings. The Morgan fingerprint density at radius 3 is 2.29 bits per heavy atom. The van der Waals surface area contributed by atoms with Gasteiger partial charge in [-0.1, -0.05) is 6.58 Å². The Kier molecular flexibility index (Phi) is 2.29. The number of fused-ring (bicyclic) bond motifs is 3. The fourth-order valence-electron chi connectivity index (χ4n) is 2.40. The van der Waals surface area contributed by atoms with Crippen molar-refractivity contribution < 1.29 is 29.3 Å². The number of allylic oxidation sites excluding steroid dienone is 3. The number of carbonyl (C=O) groups is 2. The van der Waals surface area contributed by atoms with E-state index >= 15 is 0 Å². The Hall–Kier alpha value is -3.09. The Labute approximate surface area is 116 Å². The summed E-state index contributed by atoms with van der Waals surface area (Å²) in [6, 6.07) is 0. The van der Waals surface area contributed by atoms with Crippen LogP contribution in [0.2, 0.25) is 0 Å². The zero-order chi connectivity index (χ0) is 15.6. The molecule has 2 aliphatic carbocycles. The van der Waals surface area contributed by atoms with Crippen LogP contribution in [0.15, 0.2) is 32.7 Å². The van der Waals surface area contributed by atoms with Crippen LogP contribution in [0, 0.1) is 0 Å². The third-order valence-corrected chi connectivity index (χ3v) is 3.35. The van der Waals surface area contributed by atoms with Crippen molar-refractivity contribution in [2.45, 2.75) is 6.92 Å². The van der Waals surface area contributed by atoms with Gasteiger partial charge in [-0.3, -0.25) is 9.59 Å². The first-order chi connectivity index (χ1) is 9.77. The van der Waals surface area contributed by atoms with Crippen molar-refractivity contribution in [3.8, 4) is 11.5 Å². The molecular weight excluding hydrogens is 280 g/mol. The summed E-state index contributed by atoms with van der Waals surface area (Å²) in [5.41, 5.74) is -2.53. The molecule has 2 bridgehead atoms. The molecule has 0 radical (unpaired) electrons. The van der Waals surface area contributed by atoms with E-state index in [9.17, 15) is 29.7 Å². The summed E-state index contributed by atoms with van der Waals surface area (Å²) in [5.74, 6) is -3.98. The van der Waals surface area contributed by atoms with Gasteiger partial charge in [0.15, 0.2) is 16.9 Å². The number of Topliss-reactive ketones (excluding diaryl/α,β-unsaturated/α-hetero) is 2. The standard InChI is InChI=1S/C14H8O7/c1-3(2)8(15)5-4-6-11(18)12(19)14(20)21-13(6)7(9(4)16)10(5)17/h17-19H,1H2,2H3. The molecule has 0 saturated carbocycles. The van der Waals surface area contributed by atoms with Gasteiger partial charge in [-0.2, -0.15) is 0 Å². The van der Waals surface area contributed by atoms with Gasteiger partial charge in [0.25, 0.3) is 0 Å². The number of aromatic hydroxyl groups is 2. The highest BCUT2D eigenvalue weighted by atomic mass is 16.4. The summed E-state index contributed by atoms with van der Waals surface area (Å²) < 4.78 is 4.72. The van der Waals surface area contributed by atoms with Gasteiger partial charge in [0, 0.05) is 0 Å². The number of hydrogen-bond acceptors (Lipinski definition) is 7. The van der Waals surface area contributed by atoms with E-state index < -0.39 is 34.5 Å². The number of ketones is 2. The summed E-state index contributed by atoms with van der Waals surface area (Å²) in [6.45, 7) is 4.84. The molecule has 1 aromatic rings. The van der Waals surface area contributed by atoms with Crippen molar-refractivity contribution in [2.24, 2.45) is 0 Å². The van der Waals surface area contributed by atoms with Gasteiger partial charge in [0.2, 0.25) is 11.5 Å². The van der Waals surface area contributed by atoms with Crippen LogP contribution in [0.5, 0.6) is 11.5 Å². The third-order valence-electron chi connectivity index (χ3n) is 3.35. The number of carbonyl (C=O) groups excluding carboxylic acids is 2. The molecule has 0 unspecified atom stereocenters. The van der Waals surface area contributed by atoms with Crippen molar-refractivity contribution in [3.63, 3.8) is 0 Å². The van der Waals surface area contributed by atoms with Crippen LogP contribution < -0.4 is 16.3 Å². The first-order valence-corrected chi connectivity index (χ1v) is 5.79. The molecule has 0 amide bonds. The van der Waals surface area contributed by atoms with Gasteiger partial charge in [0.1, 0.15) is 11.3 Å². The molecule has 0 spiro atoms. The van der Waals surface area contributed by atoms with Gasteiger partial charge in [-0.05, 0) is 12.5 Å². The van der Waals surface area contributed by atoms with E-state index in [4.69, 9.17) is 4.42 Å². The second-order valence-corrected chi connectivity index (χ2v) is 4.70. The van der Waals surface area contributed by atoms with Gasteiger partial charge in [-0.25, -0.2) is 4.79 Å². The minimum absolute atomic E-state index is 0.0765. The van der Waals surface area contributed by atoms with Crippen molar-refractivity contribution >= 4 is 22.7 Å². The maximum absolute atomic E-state index is 12.1. The Balaban J connectivity index is 2.54. The summed E-state index contributed by atoms with van der Waals surface area (Å²) >= 11 is 0. The van der Waals surface area contributed by atoms with Crippen LogP contribution >= 0.6 is 0 Å². The normalized spacial score (nSPS) is 15.8. The SMILES string of the molecule is C=C(C)C(=O)C1=C(O)C2=c3oc(=O)c(O)c(O)c3=C1C2=O. The van der Waals surface area contributed by atoms with E-state index in [-0.39, 0.29) is 32.9 Å².